The first kappa shape index (κ1) is 21.2. The molecule has 152 valence electrons. The summed E-state index contributed by atoms with van der Waals surface area (Å²) in [7, 11) is -3.57. The third kappa shape index (κ3) is 5.08. The van der Waals surface area contributed by atoms with Gasteiger partial charge in [0, 0.05) is 30.5 Å². The Bertz CT molecular complexity index is 921. The number of aromatic nitrogens is 2. The van der Waals surface area contributed by atoms with Gasteiger partial charge in [-0.05, 0) is 43.0 Å². The number of amides is 1. The molecular formula is C18H23ClN4O3S2. The van der Waals surface area contributed by atoms with Gasteiger partial charge in [-0.2, -0.15) is 4.31 Å². The van der Waals surface area contributed by atoms with Crippen molar-refractivity contribution in [1.29, 1.82) is 0 Å². The first-order chi connectivity index (χ1) is 13.3. The number of anilines is 1. The molecule has 1 saturated heterocycles. The summed E-state index contributed by atoms with van der Waals surface area (Å²) < 4.78 is 26.9. The lowest BCUT2D eigenvalue weighted by Crippen LogP contribution is -2.41. The van der Waals surface area contributed by atoms with Crippen molar-refractivity contribution in [3.63, 3.8) is 0 Å². The van der Waals surface area contributed by atoms with Crippen LogP contribution in [0.1, 0.15) is 31.7 Å². The number of nitrogens with zero attached hydrogens (tertiary/aromatic N) is 3. The van der Waals surface area contributed by atoms with Gasteiger partial charge in [-0.1, -0.05) is 36.8 Å². The molecule has 2 aromatic rings. The summed E-state index contributed by atoms with van der Waals surface area (Å²) in [6.45, 7) is 4.81. The van der Waals surface area contributed by atoms with Crippen LogP contribution in [0.2, 0.25) is 5.02 Å². The number of benzene rings is 1. The number of hydrogen-bond donors (Lipinski definition) is 1. The summed E-state index contributed by atoms with van der Waals surface area (Å²) in [4.78, 5) is 12.7. The fourth-order valence-electron chi connectivity index (χ4n) is 3.06. The van der Waals surface area contributed by atoms with E-state index in [9.17, 15) is 13.2 Å². The van der Waals surface area contributed by atoms with E-state index >= 15 is 0 Å². The predicted octanol–water partition coefficient (Wildman–Crippen LogP) is 3.43. The van der Waals surface area contributed by atoms with Crippen molar-refractivity contribution in [1.82, 2.24) is 14.5 Å². The maximum absolute atomic E-state index is 12.7. The molecule has 3 rings (SSSR count). The molecular weight excluding hydrogens is 420 g/mol. The summed E-state index contributed by atoms with van der Waals surface area (Å²) in [5.41, 5.74) is 0. The normalized spacial score (nSPS) is 16.4. The Hall–Kier alpha value is -1.55. The van der Waals surface area contributed by atoms with E-state index in [0.717, 1.165) is 11.4 Å². The van der Waals surface area contributed by atoms with Gasteiger partial charge in [0.2, 0.25) is 21.1 Å². The molecule has 1 aromatic heterocycles. The second-order valence-corrected chi connectivity index (χ2v) is 10.7. The first-order valence-corrected chi connectivity index (χ1v) is 11.8. The van der Waals surface area contributed by atoms with Gasteiger partial charge in [-0.15, -0.1) is 10.2 Å². The Balaban J connectivity index is 1.56. The van der Waals surface area contributed by atoms with E-state index in [1.54, 1.807) is 12.1 Å². The van der Waals surface area contributed by atoms with Crippen molar-refractivity contribution >= 4 is 44.0 Å². The Labute approximate surface area is 174 Å². The Morgan fingerprint density at radius 1 is 1.25 bits per heavy atom. The topological polar surface area (TPSA) is 92.3 Å². The van der Waals surface area contributed by atoms with Crippen LogP contribution >= 0.6 is 22.9 Å². The minimum atomic E-state index is -3.57. The monoisotopic (exact) mass is 442 g/mol. The minimum absolute atomic E-state index is 0.129. The van der Waals surface area contributed by atoms with Crippen LogP contribution in [0.3, 0.4) is 0 Å². The molecule has 1 aliphatic rings. The fraction of sp³-hybridized carbons (Fsp3) is 0.500. The van der Waals surface area contributed by atoms with Crippen LogP contribution in [0, 0.1) is 11.8 Å². The second-order valence-electron chi connectivity index (χ2n) is 7.22. The standard InChI is InChI=1S/C18H23ClN4O3S2/c1-12(2)11-16-21-22-18(27-16)20-17(24)13-7-9-23(10-8-13)28(25,26)15-5-3-14(19)4-6-15/h3-6,12-13H,7-11H2,1-2H3,(H,20,22,24). The smallest absolute Gasteiger partial charge is 0.243 e. The molecule has 0 bridgehead atoms. The lowest BCUT2D eigenvalue weighted by atomic mass is 9.97. The number of carbonyl (C=O) groups excluding carboxylic acids is 1. The number of halogens is 1. The molecule has 1 fully saturated rings. The Kier molecular flexibility index (Phi) is 6.69. The van der Waals surface area contributed by atoms with Crippen molar-refractivity contribution in [3.8, 4) is 0 Å². The molecule has 1 aliphatic heterocycles. The maximum atomic E-state index is 12.7. The van der Waals surface area contributed by atoms with E-state index in [0.29, 0.717) is 42.0 Å². The number of sulfonamides is 1. The molecule has 0 atom stereocenters. The zero-order valence-corrected chi connectivity index (χ0v) is 18.1. The number of rotatable bonds is 6. The van der Waals surface area contributed by atoms with Crippen LogP contribution in [-0.2, 0) is 21.2 Å². The van der Waals surface area contributed by atoms with Crippen molar-refractivity contribution in [2.75, 3.05) is 18.4 Å². The number of carbonyl (C=O) groups is 1. The summed E-state index contributed by atoms with van der Waals surface area (Å²) in [5, 5.41) is 12.8. The van der Waals surface area contributed by atoms with Crippen molar-refractivity contribution < 1.29 is 13.2 Å². The summed E-state index contributed by atoms with van der Waals surface area (Å²) in [6.07, 6.45) is 1.76. The molecule has 0 radical (unpaired) electrons. The SMILES string of the molecule is CC(C)Cc1nnc(NC(=O)C2CCN(S(=O)(=O)c3ccc(Cl)cc3)CC2)s1. The molecule has 1 N–H and O–H groups in total. The highest BCUT2D eigenvalue weighted by Gasteiger charge is 2.32. The predicted molar refractivity (Wildman–Crippen MR) is 110 cm³/mol. The molecule has 28 heavy (non-hydrogen) atoms. The lowest BCUT2D eigenvalue weighted by Gasteiger charge is -2.30. The fourth-order valence-corrected chi connectivity index (χ4v) is 5.61. The van der Waals surface area contributed by atoms with Gasteiger partial charge in [0.05, 0.1) is 4.90 Å². The van der Waals surface area contributed by atoms with Crippen LogP contribution < -0.4 is 5.32 Å². The summed E-state index contributed by atoms with van der Waals surface area (Å²) in [5.74, 6) is 0.105. The summed E-state index contributed by atoms with van der Waals surface area (Å²) in [6, 6.07) is 6.12. The van der Waals surface area contributed by atoms with Crippen LogP contribution in [-0.4, -0.2) is 41.9 Å². The largest absolute Gasteiger partial charge is 0.300 e. The van der Waals surface area contributed by atoms with Crippen molar-refractivity contribution in [2.45, 2.75) is 38.0 Å². The highest BCUT2D eigenvalue weighted by Crippen LogP contribution is 2.26. The van der Waals surface area contributed by atoms with Crippen LogP contribution in [0.4, 0.5) is 5.13 Å². The van der Waals surface area contributed by atoms with Gasteiger partial charge < -0.3 is 5.32 Å². The Morgan fingerprint density at radius 3 is 2.50 bits per heavy atom. The van der Waals surface area contributed by atoms with Gasteiger partial charge in [-0.25, -0.2) is 8.42 Å². The van der Waals surface area contributed by atoms with Gasteiger partial charge in [0.25, 0.3) is 0 Å². The molecule has 0 unspecified atom stereocenters. The minimum Gasteiger partial charge on any atom is -0.300 e. The molecule has 2 heterocycles. The zero-order valence-electron chi connectivity index (χ0n) is 15.8. The molecule has 1 amide bonds. The second kappa shape index (κ2) is 8.86. The quantitative estimate of drug-likeness (QED) is 0.739. The molecule has 1 aromatic carbocycles. The van der Waals surface area contributed by atoms with Crippen LogP contribution in [0.15, 0.2) is 29.2 Å². The highest BCUT2D eigenvalue weighted by atomic mass is 35.5. The summed E-state index contributed by atoms with van der Waals surface area (Å²) >= 11 is 7.22. The van der Waals surface area contributed by atoms with E-state index in [1.165, 1.54) is 27.8 Å². The van der Waals surface area contributed by atoms with Gasteiger partial charge in [-0.3, -0.25) is 4.79 Å². The van der Waals surface area contributed by atoms with Crippen LogP contribution in [0.5, 0.6) is 0 Å². The molecule has 0 aliphatic carbocycles. The van der Waals surface area contributed by atoms with E-state index < -0.39 is 10.0 Å². The molecule has 0 saturated carbocycles. The average molecular weight is 443 g/mol. The highest BCUT2D eigenvalue weighted by molar-refractivity contribution is 7.89. The Morgan fingerprint density at radius 2 is 1.89 bits per heavy atom. The van der Waals surface area contributed by atoms with Crippen molar-refractivity contribution in [3.05, 3.63) is 34.3 Å². The van der Waals surface area contributed by atoms with Crippen LogP contribution in [0.25, 0.3) is 0 Å². The van der Waals surface area contributed by atoms with Gasteiger partial charge in [0.15, 0.2) is 0 Å². The molecule has 10 heteroatoms. The lowest BCUT2D eigenvalue weighted by molar-refractivity contribution is -0.120. The average Bonchev–Trinajstić information content (AvgIpc) is 3.08. The maximum Gasteiger partial charge on any atom is 0.243 e. The third-order valence-corrected chi connectivity index (χ3v) is 7.58. The number of piperidine rings is 1. The number of nitrogens with one attached hydrogen (secondary N) is 1. The number of hydrogen-bond acceptors (Lipinski definition) is 6. The van der Waals surface area contributed by atoms with Gasteiger partial charge in [0.1, 0.15) is 5.01 Å². The van der Waals surface area contributed by atoms with E-state index in [-0.39, 0.29) is 16.7 Å². The zero-order chi connectivity index (χ0) is 20.3. The first-order valence-electron chi connectivity index (χ1n) is 9.14. The van der Waals surface area contributed by atoms with E-state index in [1.807, 2.05) is 0 Å². The molecule has 0 spiro atoms. The third-order valence-electron chi connectivity index (χ3n) is 4.56. The van der Waals surface area contributed by atoms with E-state index in [4.69, 9.17) is 11.6 Å². The van der Waals surface area contributed by atoms with Gasteiger partial charge >= 0.3 is 0 Å². The molecule has 7 nitrogen and oxygen atoms in total. The van der Waals surface area contributed by atoms with E-state index in [2.05, 4.69) is 29.4 Å². The van der Waals surface area contributed by atoms with Crippen molar-refractivity contribution in [2.24, 2.45) is 11.8 Å².